The first-order chi connectivity index (χ1) is 14.8. The van der Waals surface area contributed by atoms with Gasteiger partial charge in [0.1, 0.15) is 22.5 Å². The second kappa shape index (κ2) is 7.72. The number of aryl methyl sites for hydroxylation is 1. The lowest BCUT2D eigenvalue weighted by Crippen LogP contribution is -2.22. The smallest absolute Gasteiger partial charge is 0.335 e. The number of phenolic OH excluding ortho intramolecular Hbond substituents is 1. The normalized spacial score (nSPS) is 11.5. The molecule has 1 heterocycles. The maximum Gasteiger partial charge on any atom is 0.335 e. The van der Waals surface area contributed by atoms with E-state index in [0.29, 0.717) is 33.6 Å². The Balaban J connectivity index is 1.99. The summed E-state index contributed by atoms with van der Waals surface area (Å²) in [6.45, 7) is 9.25. The number of aromatic nitrogens is 3. The number of aromatic hydroxyl groups is 1. The van der Waals surface area contributed by atoms with Crippen LogP contribution in [0.25, 0.3) is 16.7 Å². The van der Waals surface area contributed by atoms with Crippen LogP contribution in [-0.4, -0.2) is 26.1 Å². The van der Waals surface area contributed by atoms with E-state index in [1.54, 1.807) is 6.07 Å². The molecule has 0 saturated carbocycles. The first-order valence-corrected chi connectivity index (χ1v) is 9.92. The Morgan fingerprint density at radius 1 is 1.06 bits per heavy atom. The standard InChI is InChI=1S/C25H23N3O3/c1-5-21(29)31-24-16(2)15-20(28-26-18-13-9-10-14-19(18)27-28)23(30)22(24)25(3,4)17-11-7-6-8-12-17/h5-15,30H,1H2,2-4H3. The highest BCUT2D eigenvalue weighted by Crippen LogP contribution is 2.47. The van der Waals surface area contributed by atoms with Gasteiger partial charge in [0, 0.05) is 17.1 Å². The number of ether oxygens (including phenoxy) is 1. The third-order valence-electron chi connectivity index (χ3n) is 5.41. The van der Waals surface area contributed by atoms with E-state index in [4.69, 9.17) is 4.74 Å². The zero-order chi connectivity index (χ0) is 22.2. The van der Waals surface area contributed by atoms with Gasteiger partial charge in [0.15, 0.2) is 5.75 Å². The predicted molar refractivity (Wildman–Crippen MR) is 120 cm³/mol. The third kappa shape index (κ3) is 3.57. The molecule has 0 saturated heterocycles. The quantitative estimate of drug-likeness (QED) is 0.287. The van der Waals surface area contributed by atoms with Crippen LogP contribution in [0.2, 0.25) is 0 Å². The largest absolute Gasteiger partial charge is 0.505 e. The van der Waals surface area contributed by atoms with E-state index in [-0.39, 0.29) is 5.75 Å². The molecule has 0 bridgehead atoms. The van der Waals surface area contributed by atoms with Crippen molar-refractivity contribution in [3.63, 3.8) is 0 Å². The summed E-state index contributed by atoms with van der Waals surface area (Å²) in [5.41, 5.74) is 3.25. The van der Waals surface area contributed by atoms with Gasteiger partial charge in [-0.1, -0.05) is 62.9 Å². The van der Waals surface area contributed by atoms with Crippen LogP contribution in [0.3, 0.4) is 0 Å². The van der Waals surface area contributed by atoms with Crippen LogP contribution in [0.4, 0.5) is 0 Å². The van der Waals surface area contributed by atoms with E-state index in [9.17, 15) is 9.90 Å². The van der Waals surface area contributed by atoms with E-state index in [2.05, 4.69) is 16.8 Å². The van der Waals surface area contributed by atoms with Crippen molar-refractivity contribution in [3.05, 3.63) is 90.0 Å². The monoisotopic (exact) mass is 413 g/mol. The van der Waals surface area contributed by atoms with E-state index in [1.807, 2.05) is 75.4 Å². The summed E-state index contributed by atoms with van der Waals surface area (Å²) in [5.74, 6) is -0.341. The van der Waals surface area contributed by atoms with Crippen molar-refractivity contribution in [2.24, 2.45) is 0 Å². The molecular weight excluding hydrogens is 390 g/mol. The van der Waals surface area contributed by atoms with Gasteiger partial charge >= 0.3 is 5.97 Å². The van der Waals surface area contributed by atoms with Crippen molar-refractivity contribution >= 4 is 17.0 Å². The van der Waals surface area contributed by atoms with Gasteiger partial charge in [-0.05, 0) is 36.2 Å². The minimum Gasteiger partial charge on any atom is -0.505 e. The number of hydrogen-bond donors (Lipinski definition) is 1. The molecule has 156 valence electrons. The van der Waals surface area contributed by atoms with Crippen LogP contribution in [-0.2, 0) is 10.2 Å². The summed E-state index contributed by atoms with van der Waals surface area (Å²) in [6.07, 6.45) is 1.10. The molecule has 0 radical (unpaired) electrons. The number of carbonyl (C=O) groups excluding carboxylic acids is 1. The summed E-state index contributed by atoms with van der Waals surface area (Å²) in [7, 11) is 0. The number of benzene rings is 3. The molecule has 0 spiro atoms. The van der Waals surface area contributed by atoms with E-state index < -0.39 is 11.4 Å². The molecule has 31 heavy (non-hydrogen) atoms. The number of fused-ring (bicyclic) bond motifs is 1. The average Bonchev–Trinajstić information content (AvgIpc) is 3.20. The molecule has 0 unspecified atom stereocenters. The maximum atomic E-state index is 12.1. The van der Waals surface area contributed by atoms with Crippen molar-refractivity contribution in [2.75, 3.05) is 0 Å². The molecule has 0 aliphatic heterocycles. The summed E-state index contributed by atoms with van der Waals surface area (Å²) in [6, 6.07) is 18.9. The van der Waals surface area contributed by atoms with Crippen molar-refractivity contribution in [2.45, 2.75) is 26.2 Å². The number of esters is 1. The first kappa shape index (κ1) is 20.3. The molecule has 0 atom stereocenters. The molecule has 6 nitrogen and oxygen atoms in total. The van der Waals surface area contributed by atoms with Crippen LogP contribution in [0.15, 0.2) is 73.3 Å². The van der Waals surface area contributed by atoms with Crippen molar-refractivity contribution in [1.82, 2.24) is 15.0 Å². The number of carbonyl (C=O) groups is 1. The van der Waals surface area contributed by atoms with Gasteiger partial charge in [-0.15, -0.1) is 15.0 Å². The molecule has 0 fully saturated rings. The van der Waals surface area contributed by atoms with Crippen LogP contribution in [0.5, 0.6) is 11.5 Å². The van der Waals surface area contributed by atoms with Crippen LogP contribution >= 0.6 is 0 Å². The first-order valence-electron chi connectivity index (χ1n) is 9.92. The highest BCUT2D eigenvalue weighted by molar-refractivity contribution is 5.84. The van der Waals surface area contributed by atoms with Crippen molar-refractivity contribution in [1.29, 1.82) is 0 Å². The zero-order valence-electron chi connectivity index (χ0n) is 17.7. The molecule has 1 N–H and O–H groups in total. The average molecular weight is 413 g/mol. The minimum atomic E-state index is -0.685. The van der Waals surface area contributed by atoms with E-state index in [1.165, 1.54) is 4.80 Å². The topological polar surface area (TPSA) is 77.2 Å². The highest BCUT2D eigenvalue weighted by atomic mass is 16.5. The van der Waals surface area contributed by atoms with Crippen LogP contribution in [0, 0.1) is 6.92 Å². The van der Waals surface area contributed by atoms with Gasteiger partial charge < -0.3 is 9.84 Å². The molecular formula is C25H23N3O3. The molecule has 0 aliphatic carbocycles. The minimum absolute atomic E-state index is 0.0494. The zero-order valence-corrected chi connectivity index (χ0v) is 17.7. The van der Waals surface area contributed by atoms with Crippen molar-refractivity contribution in [3.8, 4) is 17.2 Å². The maximum absolute atomic E-state index is 12.1. The van der Waals surface area contributed by atoms with E-state index >= 15 is 0 Å². The number of phenols is 1. The fourth-order valence-corrected chi connectivity index (χ4v) is 3.74. The van der Waals surface area contributed by atoms with Gasteiger partial charge in [-0.2, -0.15) is 0 Å². The summed E-state index contributed by atoms with van der Waals surface area (Å²) < 4.78 is 5.60. The van der Waals surface area contributed by atoms with Gasteiger partial charge in [0.2, 0.25) is 0 Å². The third-order valence-corrected chi connectivity index (χ3v) is 5.41. The Morgan fingerprint density at radius 2 is 1.65 bits per heavy atom. The van der Waals surface area contributed by atoms with Crippen LogP contribution < -0.4 is 4.74 Å². The lowest BCUT2D eigenvalue weighted by atomic mass is 9.76. The summed E-state index contributed by atoms with van der Waals surface area (Å²) >= 11 is 0. The van der Waals surface area contributed by atoms with Gasteiger partial charge in [0.05, 0.1) is 0 Å². The second-order valence-corrected chi connectivity index (χ2v) is 7.86. The number of rotatable bonds is 5. The van der Waals surface area contributed by atoms with Gasteiger partial charge in [0.25, 0.3) is 0 Å². The lowest BCUT2D eigenvalue weighted by Gasteiger charge is -2.30. The Hall–Kier alpha value is -3.93. The lowest BCUT2D eigenvalue weighted by molar-refractivity contribution is -0.129. The van der Waals surface area contributed by atoms with Crippen molar-refractivity contribution < 1.29 is 14.6 Å². The summed E-state index contributed by atoms with van der Waals surface area (Å²) in [4.78, 5) is 13.5. The van der Waals surface area contributed by atoms with E-state index in [0.717, 1.165) is 11.6 Å². The highest BCUT2D eigenvalue weighted by Gasteiger charge is 2.34. The number of hydrogen-bond acceptors (Lipinski definition) is 5. The molecule has 0 amide bonds. The fraction of sp³-hybridized carbons (Fsp3) is 0.160. The summed E-state index contributed by atoms with van der Waals surface area (Å²) in [5, 5.41) is 20.5. The Kier molecular flexibility index (Phi) is 5.07. The number of nitrogens with zero attached hydrogens (tertiary/aromatic N) is 3. The molecule has 3 aromatic carbocycles. The molecule has 6 heteroatoms. The molecule has 4 rings (SSSR count). The second-order valence-electron chi connectivity index (χ2n) is 7.86. The molecule has 1 aromatic heterocycles. The fourth-order valence-electron chi connectivity index (χ4n) is 3.74. The molecule has 4 aromatic rings. The van der Waals surface area contributed by atoms with Gasteiger partial charge in [-0.3, -0.25) is 0 Å². The SMILES string of the molecule is C=CC(=O)Oc1c(C)cc(-n2nc3ccccc3n2)c(O)c1C(C)(C)c1ccccc1. The van der Waals surface area contributed by atoms with Crippen LogP contribution in [0.1, 0.15) is 30.5 Å². The Labute approximate surface area is 180 Å². The molecule has 0 aliphatic rings. The van der Waals surface area contributed by atoms with Gasteiger partial charge in [-0.25, -0.2) is 4.79 Å². The Bertz CT molecular complexity index is 1260. The Morgan fingerprint density at radius 3 is 2.23 bits per heavy atom. The predicted octanol–water partition coefficient (Wildman–Crippen LogP) is 4.85.